The third-order valence-electron chi connectivity index (χ3n) is 2.57. The predicted molar refractivity (Wildman–Crippen MR) is 74.6 cm³/mol. The number of aromatic nitrogens is 2. The Balaban J connectivity index is 2.11. The van der Waals surface area contributed by atoms with Gasteiger partial charge in [0.25, 0.3) is 0 Å². The molecule has 0 unspecified atom stereocenters. The molecule has 0 aliphatic heterocycles. The average molecular weight is 253 g/mol. The van der Waals surface area contributed by atoms with Gasteiger partial charge in [-0.1, -0.05) is 0 Å². The number of hydrogen-bond donors (Lipinski definition) is 0. The molecule has 0 bridgehead atoms. The molecule has 0 saturated heterocycles. The van der Waals surface area contributed by atoms with Gasteiger partial charge < -0.3 is 4.90 Å². The highest BCUT2D eigenvalue weighted by Crippen LogP contribution is 2.36. The molecule has 88 valence electrons. The van der Waals surface area contributed by atoms with Crippen LogP contribution in [0.2, 0.25) is 0 Å². The first-order chi connectivity index (χ1) is 8.95. The van der Waals surface area contributed by atoms with E-state index >= 15 is 0 Å². The van der Waals surface area contributed by atoms with Crippen molar-refractivity contribution in [1.29, 1.82) is 0 Å². The Morgan fingerprint density at radius 1 is 0.778 bits per heavy atom. The minimum Gasteiger partial charge on any atom is -0.302 e. The van der Waals surface area contributed by atoms with Crippen molar-refractivity contribution in [2.45, 2.75) is 0 Å². The summed E-state index contributed by atoms with van der Waals surface area (Å²) in [5.74, 6) is 0. The van der Waals surface area contributed by atoms with Gasteiger partial charge in [-0.2, -0.15) is 0 Å². The average Bonchev–Trinajstić information content (AvgIpc) is 2.95. The lowest BCUT2D eigenvalue weighted by molar-refractivity contribution is 1.24. The maximum atomic E-state index is 4.07. The van der Waals surface area contributed by atoms with Gasteiger partial charge in [-0.15, -0.1) is 11.3 Å². The highest BCUT2D eigenvalue weighted by molar-refractivity contribution is 7.14. The quantitative estimate of drug-likeness (QED) is 0.706. The molecule has 0 aliphatic rings. The first-order valence-corrected chi connectivity index (χ1v) is 6.47. The molecule has 0 atom stereocenters. The smallest absolute Gasteiger partial charge is 0.0999 e. The van der Waals surface area contributed by atoms with E-state index in [4.69, 9.17) is 0 Å². The summed E-state index contributed by atoms with van der Waals surface area (Å²) in [6.45, 7) is 0. The zero-order chi connectivity index (χ0) is 12.2. The van der Waals surface area contributed by atoms with Crippen LogP contribution in [-0.4, -0.2) is 9.97 Å². The Kier molecular flexibility index (Phi) is 3.02. The van der Waals surface area contributed by atoms with Gasteiger partial charge in [0.2, 0.25) is 0 Å². The van der Waals surface area contributed by atoms with E-state index in [1.807, 2.05) is 24.3 Å². The fourth-order valence-electron chi connectivity index (χ4n) is 1.79. The number of rotatable bonds is 3. The van der Waals surface area contributed by atoms with Crippen molar-refractivity contribution in [3.8, 4) is 0 Å². The minimum atomic E-state index is 1.10. The lowest BCUT2D eigenvalue weighted by Crippen LogP contribution is -2.08. The topological polar surface area (TPSA) is 29.0 Å². The summed E-state index contributed by atoms with van der Waals surface area (Å²) in [6.07, 6.45) is 7.21. The summed E-state index contributed by atoms with van der Waals surface area (Å²) in [5, 5.41) is 3.25. The van der Waals surface area contributed by atoms with E-state index in [1.165, 1.54) is 5.00 Å². The number of hydrogen-bond acceptors (Lipinski definition) is 4. The van der Waals surface area contributed by atoms with Crippen LogP contribution in [-0.2, 0) is 0 Å². The van der Waals surface area contributed by atoms with E-state index < -0.39 is 0 Å². The largest absolute Gasteiger partial charge is 0.302 e. The third kappa shape index (κ3) is 2.10. The van der Waals surface area contributed by atoms with Gasteiger partial charge in [0, 0.05) is 36.2 Å². The molecule has 0 spiro atoms. The van der Waals surface area contributed by atoms with E-state index in [0.29, 0.717) is 0 Å². The Hall–Kier alpha value is -2.20. The van der Waals surface area contributed by atoms with E-state index in [9.17, 15) is 0 Å². The van der Waals surface area contributed by atoms with E-state index in [2.05, 4.69) is 32.4 Å². The Bertz CT molecular complexity index is 554. The maximum absolute atomic E-state index is 4.07. The Morgan fingerprint density at radius 2 is 1.33 bits per heavy atom. The fraction of sp³-hybridized carbons (Fsp3) is 0. The molecule has 0 radical (unpaired) electrons. The van der Waals surface area contributed by atoms with Crippen LogP contribution in [0.5, 0.6) is 0 Å². The summed E-state index contributed by atoms with van der Waals surface area (Å²) < 4.78 is 0. The van der Waals surface area contributed by atoms with Crippen LogP contribution < -0.4 is 4.90 Å². The van der Waals surface area contributed by atoms with Crippen LogP contribution in [0.25, 0.3) is 0 Å². The van der Waals surface area contributed by atoms with Crippen LogP contribution in [0.1, 0.15) is 0 Å². The second-order valence-corrected chi connectivity index (χ2v) is 4.62. The molecular weight excluding hydrogens is 242 g/mol. The minimum absolute atomic E-state index is 1.10. The first-order valence-electron chi connectivity index (χ1n) is 5.59. The number of pyridine rings is 2. The van der Waals surface area contributed by atoms with Gasteiger partial charge in [-0.25, -0.2) is 0 Å². The molecule has 0 aromatic carbocycles. The molecule has 3 aromatic rings. The van der Waals surface area contributed by atoms with Crippen molar-refractivity contribution >= 4 is 27.7 Å². The van der Waals surface area contributed by atoms with Crippen molar-refractivity contribution in [3.63, 3.8) is 0 Å². The summed E-state index contributed by atoms with van der Waals surface area (Å²) >= 11 is 1.71. The fourth-order valence-corrected chi connectivity index (χ4v) is 2.56. The van der Waals surface area contributed by atoms with Crippen molar-refractivity contribution in [2.75, 3.05) is 4.90 Å². The van der Waals surface area contributed by atoms with E-state index in [-0.39, 0.29) is 0 Å². The first kappa shape index (κ1) is 10.9. The second kappa shape index (κ2) is 4.98. The normalized spacial score (nSPS) is 10.2. The van der Waals surface area contributed by atoms with Crippen LogP contribution in [0, 0.1) is 0 Å². The van der Waals surface area contributed by atoms with Gasteiger partial charge in [-0.3, -0.25) is 9.97 Å². The van der Waals surface area contributed by atoms with Crippen LogP contribution in [0.4, 0.5) is 16.4 Å². The van der Waals surface area contributed by atoms with Crippen molar-refractivity contribution in [1.82, 2.24) is 9.97 Å². The molecule has 0 saturated carbocycles. The lowest BCUT2D eigenvalue weighted by Gasteiger charge is -2.22. The lowest BCUT2D eigenvalue weighted by atomic mass is 10.3. The van der Waals surface area contributed by atoms with Gasteiger partial charge in [0.1, 0.15) is 0 Å². The van der Waals surface area contributed by atoms with Gasteiger partial charge in [-0.05, 0) is 41.8 Å². The molecule has 3 nitrogen and oxygen atoms in total. The van der Waals surface area contributed by atoms with Gasteiger partial charge >= 0.3 is 0 Å². The molecule has 18 heavy (non-hydrogen) atoms. The molecule has 0 aliphatic carbocycles. The standard InChI is InChI=1S/C14H11N3S/c1-2-14(18-11-1)17(12-3-7-15-8-4-12)13-5-9-16-10-6-13/h1-11H. The van der Waals surface area contributed by atoms with Crippen LogP contribution in [0.3, 0.4) is 0 Å². The molecule has 0 fully saturated rings. The molecule has 3 aromatic heterocycles. The highest BCUT2D eigenvalue weighted by atomic mass is 32.1. The Morgan fingerprint density at radius 3 is 1.78 bits per heavy atom. The predicted octanol–water partition coefficient (Wildman–Crippen LogP) is 4.01. The van der Waals surface area contributed by atoms with E-state index in [1.54, 1.807) is 36.1 Å². The van der Waals surface area contributed by atoms with Crippen molar-refractivity contribution in [3.05, 3.63) is 66.6 Å². The molecule has 3 heterocycles. The molecule has 3 rings (SSSR count). The number of anilines is 3. The SMILES string of the molecule is c1csc(N(c2ccncc2)c2ccncc2)c1. The molecule has 0 N–H and O–H groups in total. The van der Waals surface area contributed by atoms with Crippen molar-refractivity contribution in [2.24, 2.45) is 0 Å². The molecule has 4 heteroatoms. The van der Waals surface area contributed by atoms with Gasteiger partial charge in [0.15, 0.2) is 0 Å². The zero-order valence-corrected chi connectivity index (χ0v) is 10.4. The zero-order valence-electron chi connectivity index (χ0n) is 9.60. The van der Waals surface area contributed by atoms with E-state index in [0.717, 1.165) is 11.4 Å². The second-order valence-electron chi connectivity index (χ2n) is 3.70. The third-order valence-corrected chi connectivity index (χ3v) is 3.42. The summed E-state index contributed by atoms with van der Waals surface area (Å²) in [5.41, 5.74) is 2.19. The van der Waals surface area contributed by atoms with Crippen molar-refractivity contribution < 1.29 is 0 Å². The Labute approximate surface area is 109 Å². The summed E-state index contributed by atoms with van der Waals surface area (Å²) in [7, 11) is 0. The number of nitrogens with zero attached hydrogens (tertiary/aromatic N) is 3. The monoisotopic (exact) mass is 253 g/mol. The molecular formula is C14H11N3S. The summed E-state index contributed by atoms with van der Waals surface area (Å²) in [6, 6.07) is 12.2. The summed E-state index contributed by atoms with van der Waals surface area (Å²) in [4.78, 5) is 10.3. The van der Waals surface area contributed by atoms with Gasteiger partial charge in [0.05, 0.1) is 5.00 Å². The maximum Gasteiger partial charge on any atom is 0.0999 e. The molecule has 0 amide bonds. The number of thiophene rings is 1. The highest BCUT2D eigenvalue weighted by Gasteiger charge is 2.12. The van der Waals surface area contributed by atoms with Crippen LogP contribution in [0.15, 0.2) is 66.6 Å². The van der Waals surface area contributed by atoms with Crippen LogP contribution >= 0.6 is 11.3 Å².